The fourth-order valence-electron chi connectivity index (χ4n) is 3.56. The number of nitrogens with zero attached hydrogens (tertiary/aromatic N) is 4. The molecule has 2 aromatic rings. The number of rotatable bonds is 3. The summed E-state index contributed by atoms with van der Waals surface area (Å²) in [6.07, 6.45) is 3.51. The summed E-state index contributed by atoms with van der Waals surface area (Å²) in [5.74, 6) is -0.297. The van der Waals surface area contributed by atoms with Crippen LogP contribution in [0.2, 0.25) is 0 Å². The number of benzene rings is 1. The second-order valence-electron chi connectivity index (χ2n) is 7.07. The lowest BCUT2D eigenvalue weighted by Crippen LogP contribution is -2.40. The van der Waals surface area contributed by atoms with Gasteiger partial charge in [0, 0.05) is 26.2 Å². The highest BCUT2D eigenvalue weighted by Gasteiger charge is 2.49. The molecule has 3 amide bonds. The molecular formula is C18H20FN5O3. The maximum Gasteiger partial charge on any atom is 0.410 e. The molecule has 1 atom stereocenters. The van der Waals surface area contributed by atoms with Crippen LogP contribution in [0.25, 0.3) is 0 Å². The van der Waals surface area contributed by atoms with Gasteiger partial charge in [-0.2, -0.15) is 5.10 Å². The van der Waals surface area contributed by atoms with Crippen molar-refractivity contribution in [3.8, 4) is 0 Å². The number of hydrogen-bond donors (Lipinski definition) is 1. The van der Waals surface area contributed by atoms with Gasteiger partial charge in [-0.05, 0) is 17.7 Å². The molecule has 1 N–H and O–H groups in total. The third-order valence-corrected chi connectivity index (χ3v) is 4.86. The van der Waals surface area contributed by atoms with E-state index in [2.05, 4.69) is 10.4 Å². The molecule has 142 valence electrons. The lowest BCUT2D eigenvalue weighted by atomic mass is 10.0. The van der Waals surface area contributed by atoms with Gasteiger partial charge in [0.1, 0.15) is 5.82 Å². The molecule has 0 unspecified atom stereocenters. The number of urea groups is 1. The number of hydrogen-bond acceptors (Lipinski definition) is 4. The van der Waals surface area contributed by atoms with Gasteiger partial charge in [0.2, 0.25) is 0 Å². The first kappa shape index (κ1) is 17.3. The number of aromatic nitrogens is 2. The molecule has 1 aromatic carbocycles. The van der Waals surface area contributed by atoms with E-state index in [0.29, 0.717) is 38.3 Å². The van der Waals surface area contributed by atoms with Gasteiger partial charge >= 0.3 is 12.1 Å². The highest BCUT2D eigenvalue weighted by Crippen LogP contribution is 2.32. The largest absolute Gasteiger partial charge is 0.439 e. The number of carbonyl (C=O) groups excluding carboxylic acids is 2. The summed E-state index contributed by atoms with van der Waals surface area (Å²) in [4.78, 5) is 27.3. The zero-order valence-electron chi connectivity index (χ0n) is 14.9. The van der Waals surface area contributed by atoms with E-state index in [1.807, 2.05) is 6.07 Å². The Morgan fingerprint density at radius 3 is 3.00 bits per heavy atom. The molecule has 0 radical (unpaired) electrons. The average molecular weight is 373 g/mol. The molecule has 4 rings (SSSR count). The van der Waals surface area contributed by atoms with E-state index in [0.717, 1.165) is 5.56 Å². The Morgan fingerprint density at radius 2 is 2.26 bits per heavy atom. The Kier molecular flexibility index (Phi) is 4.21. The van der Waals surface area contributed by atoms with Crippen molar-refractivity contribution >= 4 is 17.8 Å². The number of amides is 3. The minimum absolute atomic E-state index is 0.261. The fraction of sp³-hybridized carbons (Fsp3) is 0.389. The summed E-state index contributed by atoms with van der Waals surface area (Å²) in [5, 5.41) is 7.00. The maximum atomic E-state index is 13.3. The quantitative estimate of drug-likeness (QED) is 0.894. The molecule has 2 aliphatic rings. The van der Waals surface area contributed by atoms with E-state index in [-0.39, 0.29) is 17.9 Å². The van der Waals surface area contributed by atoms with Crippen molar-refractivity contribution in [3.05, 3.63) is 48.0 Å². The first-order chi connectivity index (χ1) is 12.9. The summed E-state index contributed by atoms with van der Waals surface area (Å²) >= 11 is 0. The van der Waals surface area contributed by atoms with Crippen molar-refractivity contribution in [2.24, 2.45) is 0 Å². The number of ether oxygens (including phenoxy) is 1. The standard InChI is InChI=1S/C18H20FN5O3/c1-22-11-18(27-17(22)26)5-6-23(12-18)16(25)21-15-8-20-24(10-15)9-13-3-2-4-14(19)7-13/h2-4,7-8,10H,5-6,9,11-12H2,1H3,(H,21,25)/t18-/m0/s1. The first-order valence-electron chi connectivity index (χ1n) is 8.69. The van der Waals surface area contributed by atoms with Crippen LogP contribution in [0.5, 0.6) is 0 Å². The third kappa shape index (κ3) is 3.57. The van der Waals surface area contributed by atoms with E-state index in [1.54, 1.807) is 35.1 Å². The lowest BCUT2D eigenvalue weighted by Gasteiger charge is -2.21. The van der Waals surface area contributed by atoms with E-state index in [1.165, 1.54) is 17.0 Å². The molecule has 2 fully saturated rings. The number of likely N-dealkylation sites (tertiary alicyclic amines) is 1. The minimum Gasteiger partial charge on any atom is -0.439 e. The molecule has 2 aliphatic heterocycles. The van der Waals surface area contributed by atoms with Crippen molar-refractivity contribution in [1.82, 2.24) is 19.6 Å². The monoisotopic (exact) mass is 373 g/mol. The van der Waals surface area contributed by atoms with Crippen LogP contribution < -0.4 is 5.32 Å². The molecule has 0 saturated carbocycles. The van der Waals surface area contributed by atoms with Crippen LogP contribution in [-0.4, -0.2) is 64.0 Å². The summed E-state index contributed by atoms with van der Waals surface area (Å²) in [6, 6.07) is 6.03. The number of nitrogens with one attached hydrogen (secondary N) is 1. The molecule has 0 bridgehead atoms. The van der Waals surface area contributed by atoms with E-state index >= 15 is 0 Å². The third-order valence-electron chi connectivity index (χ3n) is 4.86. The number of likely N-dealkylation sites (N-methyl/N-ethyl adjacent to an activating group) is 1. The zero-order chi connectivity index (χ0) is 19.0. The molecule has 8 nitrogen and oxygen atoms in total. The zero-order valence-corrected chi connectivity index (χ0v) is 14.9. The molecule has 0 aliphatic carbocycles. The van der Waals surface area contributed by atoms with Crippen molar-refractivity contribution in [1.29, 1.82) is 0 Å². The molecule has 27 heavy (non-hydrogen) atoms. The summed E-state index contributed by atoms with van der Waals surface area (Å²) in [6.45, 7) is 1.78. The average Bonchev–Trinajstić information content (AvgIpc) is 3.29. The number of halogens is 1. The molecule has 9 heteroatoms. The van der Waals surface area contributed by atoms with Gasteiger partial charge in [-0.3, -0.25) is 4.68 Å². The Morgan fingerprint density at radius 1 is 1.41 bits per heavy atom. The van der Waals surface area contributed by atoms with Crippen LogP contribution in [0.4, 0.5) is 19.7 Å². The van der Waals surface area contributed by atoms with Gasteiger partial charge in [0.25, 0.3) is 0 Å². The smallest absolute Gasteiger partial charge is 0.410 e. The van der Waals surface area contributed by atoms with Gasteiger partial charge in [-0.15, -0.1) is 0 Å². The van der Waals surface area contributed by atoms with Crippen LogP contribution in [0.1, 0.15) is 12.0 Å². The van der Waals surface area contributed by atoms with E-state index in [4.69, 9.17) is 4.74 Å². The molecule has 3 heterocycles. The Bertz CT molecular complexity index is 885. The summed E-state index contributed by atoms with van der Waals surface area (Å²) < 4.78 is 20.3. The van der Waals surface area contributed by atoms with Crippen molar-refractivity contribution in [2.45, 2.75) is 18.6 Å². The Labute approximate surface area is 155 Å². The molecule has 1 spiro atoms. The minimum atomic E-state index is -0.606. The van der Waals surface area contributed by atoms with Gasteiger partial charge in [-0.25, -0.2) is 14.0 Å². The second kappa shape index (κ2) is 6.57. The van der Waals surface area contributed by atoms with Crippen LogP contribution in [0.3, 0.4) is 0 Å². The van der Waals surface area contributed by atoms with Gasteiger partial charge in [0.15, 0.2) is 5.60 Å². The number of anilines is 1. The van der Waals surface area contributed by atoms with Gasteiger partial charge in [-0.1, -0.05) is 12.1 Å². The van der Waals surface area contributed by atoms with Gasteiger partial charge < -0.3 is 19.9 Å². The van der Waals surface area contributed by atoms with Crippen LogP contribution in [0.15, 0.2) is 36.7 Å². The molecule has 2 saturated heterocycles. The van der Waals surface area contributed by atoms with Crippen molar-refractivity contribution in [3.63, 3.8) is 0 Å². The van der Waals surface area contributed by atoms with Crippen molar-refractivity contribution < 1.29 is 18.7 Å². The Hall–Kier alpha value is -3.10. The summed E-state index contributed by atoms with van der Waals surface area (Å²) in [5.41, 5.74) is 0.729. The van der Waals surface area contributed by atoms with Crippen LogP contribution >= 0.6 is 0 Å². The second-order valence-corrected chi connectivity index (χ2v) is 7.07. The SMILES string of the molecule is CN1C[C@]2(CCN(C(=O)Nc3cnn(Cc4cccc(F)c4)c3)C2)OC1=O. The highest BCUT2D eigenvalue weighted by atomic mass is 19.1. The molecule has 1 aromatic heterocycles. The Balaban J connectivity index is 1.35. The predicted molar refractivity (Wildman–Crippen MR) is 94.8 cm³/mol. The van der Waals surface area contributed by atoms with Crippen LogP contribution in [0, 0.1) is 5.82 Å². The van der Waals surface area contributed by atoms with Crippen molar-refractivity contribution in [2.75, 3.05) is 32.0 Å². The highest BCUT2D eigenvalue weighted by molar-refractivity contribution is 5.89. The van der Waals surface area contributed by atoms with Gasteiger partial charge in [0.05, 0.1) is 31.5 Å². The topological polar surface area (TPSA) is 79.7 Å². The normalized spacial score (nSPS) is 21.8. The maximum absolute atomic E-state index is 13.3. The predicted octanol–water partition coefficient (Wildman–Crippen LogP) is 2.13. The molecular weight excluding hydrogens is 353 g/mol. The van der Waals surface area contributed by atoms with E-state index in [9.17, 15) is 14.0 Å². The lowest BCUT2D eigenvalue weighted by molar-refractivity contribution is 0.0663. The first-order valence-corrected chi connectivity index (χ1v) is 8.69. The van der Waals surface area contributed by atoms with E-state index < -0.39 is 5.60 Å². The number of carbonyl (C=O) groups is 2. The van der Waals surface area contributed by atoms with Crippen LogP contribution in [-0.2, 0) is 11.3 Å². The fourth-order valence-corrected chi connectivity index (χ4v) is 3.56. The summed E-state index contributed by atoms with van der Waals surface area (Å²) in [7, 11) is 1.69.